The number of hydrogen-bond donors (Lipinski definition) is 2. The number of sulfonamides is 1. The van der Waals surface area contributed by atoms with E-state index in [1.54, 1.807) is 0 Å². The van der Waals surface area contributed by atoms with Gasteiger partial charge in [-0.15, -0.1) is 0 Å². The second-order valence-electron chi connectivity index (χ2n) is 4.51. The molecule has 0 fully saturated rings. The molecule has 1 aromatic rings. The summed E-state index contributed by atoms with van der Waals surface area (Å²) in [5.74, 6) is -4.18. The van der Waals surface area contributed by atoms with Crippen molar-refractivity contribution in [3.05, 3.63) is 29.8 Å². The highest BCUT2D eigenvalue weighted by Gasteiger charge is 2.28. The van der Waals surface area contributed by atoms with E-state index in [0.29, 0.717) is 0 Å². The highest BCUT2D eigenvalue weighted by molar-refractivity contribution is 7.89. The highest BCUT2D eigenvalue weighted by Crippen LogP contribution is 2.14. The standard InChI is InChI=1S/C12H16F2N2O4S/c1-16(2)21(19,20)10-5-3-9(4-6-10)11(18)15-7-12(13,14)8-17/h3-6,17H,7-8H2,1-2H3,(H,15,18). The fourth-order valence-electron chi connectivity index (χ4n) is 1.36. The van der Waals surface area contributed by atoms with Crippen molar-refractivity contribution in [3.63, 3.8) is 0 Å². The molecule has 0 aliphatic carbocycles. The Balaban J connectivity index is 2.82. The molecule has 118 valence electrons. The number of rotatable bonds is 6. The quantitative estimate of drug-likeness (QED) is 0.788. The number of alkyl halides is 2. The van der Waals surface area contributed by atoms with Gasteiger partial charge in [-0.25, -0.2) is 21.5 Å². The van der Waals surface area contributed by atoms with E-state index in [1.165, 1.54) is 38.4 Å². The molecule has 0 spiro atoms. The maximum Gasteiger partial charge on any atom is 0.287 e. The molecule has 0 aliphatic heterocycles. The van der Waals surface area contributed by atoms with E-state index in [2.05, 4.69) is 0 Å². The summed E-state index contributed by atoms with van der Waals surface area (Å²) in [4.78, 5) is 11.6. The van der Waals surface area contributed by atoms with Crippen LogP contribution in [0.25, 0.3) is 0 Å². The first-order valence-corrected chi connectivity index (χ1v) is 7.33. The summed E-state index contributed by atoms with van der Waals surface area (Å²) in [7, 11) is -0.874. The van der Waals surface area contributed by atoms with Gasteiger partial charge in [0, 0.05) is 19.7 Å². The molecule has 1 amide bonds. The maximum absolute atomic E-state index is 12.8. The van der Waals surface area contributed by atoms with Crippen LogP contribution in [0.1, 0.15) is 10.4 Å². The number of carbonyl (C=O) groups is 1. The third kappa shape index (κ3) is 4.45. The van der Waals surface area contributed by atoms with E-state index in [0.717, 1.165) is 4.31 Å². The lowest BCUT2D eigenvalue weighted by Gasteiger charge is -2.14. The third-order valence-electron chi connectivity index (χ3n) is 2.63. The Morgan fingerprint density at radius 1 is 1.29 bits per heavy atom. The molecule has 0 aromatic heterocycles. The Kier molecular flexibility index (Phi) is 5.37. The summed E-state index contributed by atoms with van der Waals surface area (Å²) in [6.45, 7) is -2.37. The van der Waals surface area contributed by atoms with Crippen molar-refractivity contribution in [1.29, 1.82) is 0 Å². The van der Waals surface area contributed by atoms with Gasteiger partial charge in [-0.05, 0) is 24.3 Å². The first-order chi connectivity index (χ1) is 9.60. The Morgan fingerprint density at radius 3 is 2.24 bits per heavy atom. The van der Waals surface area contributed by atoms with Crippen LogP contribution < -0.4 is 5.32 Å². The number of halogens is 2. The molecule has 0 unspecified atom stereocenters. The number of aliphatic hydroxyl groups is 1. The summed E-state index contributed by atoms with van der Waals surface area (Å²) < 4.78 is 50.2. The van der Waals surface area contributed by atoms with Crippen molar-refractivity contribution in [3.8, 4) is 0 Å². The molecule has 21 heavy (non-hydrogen) atoms. The van der Waals surface area contributed by atoms with Gasteiger partial charge in [0.15, 0.2) is 0 Å². The van der Waals surface area contributed by atoms with Crippen LogP contribution in [0.3, 0.4) is 0 Å². The minimum atomic E-state index is -3.61. The summed E-state index contributed by atoms with van der Waals surface area (Å²) in [6, 6.07) is 4.88. The van der Waals surface area contributed by atoms with Gasteiger partial charge >= 0.3 is 0 Å². The summed E-state index contributed by atoms with van der Waals surface area (Å²) in [6.07, 6.45) is 0. The maximum atomic E-state index is 12.8. The topological polar surface area (TPSA) is 86.7 Å². The third-order valence-corrected chi connectivity index (χ3v) is 4.46. The number of benzene rings is 1. The molecule has 1 aromatic carbocycles. The first kappa shape index (κ1) is 17.5. The van der Waals surface area contributed by atoms with Gasteiger partial charge in [0.25, 0.3) is 11.8 Å². The molecule has 0 saturated carbocycles. The molecule has 6 nitrogen and oxygen atoms in total. The lowest BCUT2D eigenvalue weighted by Crippen LogP contribution is -2.38. The van der Waals surface area contributed by atoms with Crippen LogP contribution in [0, 0.1) is 0 Å². The molecular formula is C12H16F2N2O4S. The van der Waals surface area contributed by atoms with E-state index < -0.39 is 35.0 Å². The van der Waals surface area contributed by atoms with Crippen LogP contribution in [0.15, 0.2) is 29.2 Å². The Morgan fingerprint density at radius 2 is 1.81 bits per heavy atom. The van der Waals surface area contributed by atoms with Crippen molar-refractivity contribution in [2.75, 3.05) is 27.2 Å². The Hall–Kier alpha value is -1.58. The van der Waals surface area contributed by atoms with Gasteiger partial charge in [-0.1, -0.05) is 0 Å². The molecule has 1 rings (SSSR count). The second-order valence-corrected chi connectivity index (χ2v) is 6.66. The molecule has 0 aliphatic rings. The SMILES string of the molecule is CN(C)S(=O)(=O)c1ccc(C(=O)NCC(F)(F)CO)cc1. The number of amides is 1. The Labute approximate surface area is 121 Å². The summed E-state index contributed by atoms with van der Waals surface area (Å²) in [5.41, 5.74) is 0.0430. The summed E-state index contributed by atoms with van der Waals surface area (Å²) in [5, 5.41) is 10.3. The Bertz CT molecular complexity index is 600. The molecule has 0 saturated heterocycles. The van der Waals surface area contributed by atoms with Crippen LogP contribution in [0.5, 0.6) is 0 Å². The van der Waals surface area contributed by atoms with Gasteiger partial charge in [-0.2, -0.15) is 0 Å². The van der Waals surface area contributed by atoms with Crippen LogP contribution >= 0.6 is 0 Å². The van der Waals surface area contributed by atoms with Crippen LogP contribution in [-0.4, -0.2) is 56.9 Å². The lowest BCUT2D eigenvalue weighted by atomic mass is 10.2. The van der Waals surface area contributed by atoms with E-state index >= 15 is 0 Å². The van der Waals surface area contributed by atoms with E-state index in [-0.39, 0.29) is 10.5 Å². The molecule has 0 bridgehead atoms. The minimum Gasteiger partial charge on any atom is -0.390 e. The average Bonchev–Trinajstić information content (AvgIpc) is 2.44. The van der Waals surface area contributed by atoms with E-state index in [9.17, 15) is 22.0 Å². The number of carbonyl (C=O) groups excluding carboxylic acids is 1. The summed E-state index contributed by atoms with van der Waals surface area (Å²) >= 11 is 0. The first-order valence-electron chi connectivity index (χ1n) is 5.89. The predicted octanol–water partition coefficient (Wildman–Crippen LogP) is 0.294. The number of aliphatic hydroxyl groups excluding tert-OH is 1. The van der Waals surface area contributed by atoms with Gasteiger partial charge in [0.2, 0.25) is 10.0 Å². The molecular weight excluding hydrogens is 306 g/mol. The van der Waals surface area contributed by atoms with Crippen molar-refractivity contribution >= 4 is 15.9 Å². The molecule has 0 heterocycles. The molecule has 9 heteroatoms. The monoisotopic (exact) mass is 322 g/mol. The molecule has 0 radical (unpaired) electrons. The lowest BCUT2D eigenvalue weighted by molar-refractivity contribution is -0.0462. The second kappa shape index (κ2) is 6.46. The van der Waals surface area contributed by atoms with Crippen molar-refractivity contribution in [1.82, 2.24) is 9.62 Å². The average molecular weight is 322 g/mol. The predicted molar refractivity (Wildman–Crippen MR) is 71.7 cm³/mol. The zero-order valence-electron chi connectivity index (χ0n) is 11.5. The van der Waals surface area contributed by atoms with Crippen LogP contribution in [0.4, 0.5) is 8.78 Å². The van der Waals surface area contributed by atoms with E-state index in [4.69, 9.17) is 5.11 Å². The van der Waals surface area contributed by atoms with Gasteiger partial charge in [-0.3, -0.25) is 4.79 Å². The van der Waals surface area contributed by atoms with Crippen molar-refractivity contribution in [2.45, 2.75) is 10.8 Å². The zero-order valence-corrected chi connectivity index (χ0v) is 12.3. The van der Waals surface area contributed by atoms with Crippen molar-refractivity contribution < 1.29 is 27.1 Å². The fraction of sp³-hybridized carbons (Fsp3) is 0.417. The fourth-order valence-corrected chi connectivity index (χ4v) is 2.26. The normalized spacial score (nSPS) is 12.5. The number of hydrogen-bond acceptors (Lipinski definition) is 4. The smallest absolute Gasteiger partial charge is 0.287 e. The van der Waals surface area contributed by atoms with Gasteiger partial charge in [0.05, 0.1) is 11.4 Å². The van der Waals surface area contributed by atoms with Crippen molar-refractivity contribution in [2.24, 2.45) is 0 Å². The zero-order chi connectivity index (χ0) is 16.3. The molecule has 0 atom stereocenters. The minimum absolute atomic E-state index is 0.00950. The largest absolute Gasteiger partial charge is 0.390 e. The number of nitrogens with zero attached hydrogens (tertiary/aromatic N) is 1. The van der Waals surface area contributed by atoms with Gasteiger partial charge < -0.3 is 10.4 Å². The van der Waals surface area contributed by atoms with Crippen LogP contribution in [0.2, 0.25) is 0 Å². The number of nitrogens with one attached hydrogen (secondary N) is 1. The highest BCUT2D eigenvalue weighted by atomic mass is 32.2. The van der Waals surface area contributed by atoms with E-state index in [1.807, 2.05) is 5.32 Å². The molecule has 2 N–H and O–H groups in total. The van der Waals surface area contributed by atoms with Gasteiger partial charge in [0.1, 0.15) is 6.61 Å². The van der Waals surface area contributed by atoms with Crippen LogP contribution in [-0.2, 0) is 10.0 Å².